The molecule has 1 aliphatic heterocycles. The highest BCUT2D eigenvalue weighted by Gasteiger charge is 2.42. The first-order valence-electron chi connectivity index (χ1n) is 14.7. The van der Waals surface area contributed by atoms with E-state index in [1.807, 2.05) is 20.8 Å². The molecule has 0 radical (unpaired) electrons. The molecule has 1 aromatic rings. The molecule has 0 saturated carbocycles. The number of carbonyl (C=O) groups excluding carboxylic acids is 2. The molecule has 0 bridgehead atoms. The van der Waals surface area contributed by atoms with Crippen LogP contribution in [0.5, 0.6) is 5.75 Å². The molecule has 1 aliphatic rings. The molecule has 252 valence electrons. The van der Waals surface area contributed by atoms with Crippen LogP contribution < -0.4 is 10.1 Å². The third kappa shape index (κ3) is 10.9. The molecule has 2 amide bonds. The van der Waals surface area contributed by atoms with Crippen molar-refractivity contribution in [1.82, 2.24) is 19.4 Å². The fourth-order valence-corrected chi connectivity index (χ4v) is 6.01. The molecule has 5 atom stereocenters. The van der Waals surface area contributed by atoms with Gasteiger partial charge in [-0.05, 0) is 58.7 Å². The van der Waals surface area contributed by atoms with Gasteiger partial charge in [0, 0.05) is 37.7 Å². The van der Waals surface area contributed by atoms with Gasteiger partial charge in [-0.3, -0.25) is 9.59 Å². The zero-order valence-corrected chi connectivity index (χ0v) is 28.4. The van der Waals surface area contributed by atoms with Gasteiger partial charge in [0.1, 0.15) is 11.8 Å². The first kappa shape index (κ1) is 37.8. The van der Waals surface area contributed by atoms with Crippen molar-refractivity contribution >= 4 is 21.8 Å². The van der Waals surface area contributed by atoms with Gasteiger partial charge in [0.2, 0.25) is 28.3 Å². The minimum absolute atomic E-state index is 0.0622. The quantitative estimate of drug-likeness (QED) is 0.313. The third-order valence-corrected chi connectivity index (χ3v) is 8.72. The molecule has 14 heteroatoms. The number of hydrogen-bond donors (Lipinski definition) is 2. The number of amides is 2. The van der Waals surface area contributed by atoms with E-state index in [0.29, 0.717) is 13.0 Å². The Kier molecular flexibility index (Phi) is 12.7. The van der Waals surface area contributed by atoms with Crippen molar-refractivity contribution < 1.29 is 41.4 Å². The molecule has 0 spiro atoms. The lowest BCUT2D eigenvalue weighted by molar-refractivity contribution is -0.239. The number of rotatable bonds is 13. The van der Waals surface area contributed by atoms with Gasteiger partial charge in [-0.25, -0.2) is 22.1 Å². The Morgan fingerprint density at radius 3 is 2.27 bits per heavy atom. The Morgan fingerprint density at radius 1 is 1.14 bits per heavy atom. The van der Waals surface area contributed by atoms with E-state index in [2.05, 4.69) is 5.32 Å². The second kappa shape index (κ2) is 14.8. The summed E-state index contributed by atoms with van der Waals surface area (Å²) in [7, 11) is -2.13. The minimum atomic E-state index is -3.68. The van der Waals surface area contributed by atoms with Crippen LogP contribution in [0, 0.1) is 23.0 Å². The predicted octanol–water partition coefficient (Wildman–Crippen LogP) is 2.78. The van der Waals surface area contributed by atoms with E-state index >= 15 is 0 Å². The fourth-order valence-electron chi connectivity index (χ4n) is 4.77. The fraction of sp³-hybridized carbons (Fsp3) is 0.733. The molecular weight excluding hydrogens is 598 g/mol. The third-order valence-electron chi connectivity index (χ3n) is 7.42. The van der Waals surface area contributed by atoms with Crippen LogP contribution in [-0.4, -0.2) is 109 Å². The summed E-state index contributed by atoms with van der Waals surface area (Å²) in [5.41, 5.74) is -1.32. The number of nitrogens with one attached hydrogen (secondary N) is 1. The van der Waals surface area contributed by atoms with Crippen molar-refractivity contribution in [3.05, 3.63) is 29.8 Å². The summed E-state index contributed by atoms with van der Waals surface area (Å²) < 4.78 is 64.8. The molecule has 11 nitrogen and oxygen atoms in total. The maximum absolute atomic E-state index is 13.8. The van der Waals surface area contributed by atoms with E-state index in [4.69, 9.17) is 9.47 Å². The number of nitrogens with zero attached hydrogens (tertiary/aromatic N) is 3. The largest absolute Gasteiger partial charge is 0.493 e. The van der Waals surface area contributed by atoms with E-state index in [-0.39, 0.29) is 37.3 Å². The van der Waals surface area contributed by atoms with Gasteiger partial charge in [-0.1, -0.05) is 27.7 Å². The van der Waals surface area contributed by atoms with Gasteiger partial charge in [-0.2, -0.15) is 4.31 Å². The number of ether oxygens (including phenoxy) is 2. The normalized spacial score (nSPS) is 19.2. The van der Waals surface area contributed by atoms with Crippen LogP contribution in [0.1, 0.15) is 61.8 Å². The van der Waals surface area contributed by atoms with E-state index < -0.39 is 63.1 Å². The summed E-state index contributed by atoms with van der Waals surface area (Å²) in [5.74, 6) is -3.01. The number of likely N-dealkylation sites (N-methyl/N-ethyl adjacent to an activating group) is 1. The summed E-state index contributed by atoms with van der Waals surface area (Å²) in [5, 5.41) is 13.3. The van der Waals surface area contributed by atoms with E-state index in [0.717, 1.165) is 18.4 Å². The number of hydrogen-bond acceptors (Lipinski definition) is 8. The second-order valence-corrected chi connectivity index (χ2v) is 15.7. The number of halogens is 2. The number of carbonyl (C=O) groups is 2. The first-order chi connectivity index (χ1) is 20.0. The monoisotopic (exact) mass is 648 g/mol. The maximum Gasteiger partial charge on any atom is 0.245 e. The van der Waals surface area contributed by atoms with Gasteiger partial charge >= 0.3 is 0 Å². The van der Waals surface area contributed by atoms with Gasteiger partial charge in [0.05, 0.1) is 24.5 Å². The Labute approximate surface area is 260 Å². The Hall–Kier alpha value is -2.39. The number of likely N-dealkylation sites (tertiary alicyclic amines) is 1. The van der Waals surface area contributed by atoms with Gasteiger partial charge in [0.15, 0.2) is 11.6 Å². The van der Waals surface area contributed by atoms with Crippen LogP contribution in [0.3, 0.4) is 0 Å². The Balaban J connectivity index is 2.10. The topological polar surface area (TPSA) is 129 Å². The van der Waals surface area contributed by atoms with Crippen LogP contribution >= 0.6 is 0 Å². The van der Waals surface area contributed by atoms with E-state index in [1.165, 1.54) is 15.3 Å². The van der Waals surface area contributed by atoms with Crippen molar-refractivity contribution in [2.75, 3.05) is 39.5 Å². The van der Waals surface area contributed by atoms with Gasteiger partial charge < -0.3 is 24.8 Å². The Morgan fingerprint density at radius 2 is 1.75 bits per heavy atom. The van der Waals surface area contributed by atoms with E-state index in [1.54, 1.807) is 46.6 Å². The molecule has 44 heavy (non-hydrogen) atoms. The first-order valence-corrected chi connectivity index (χ1v) is 16.6. The highest BCUT2D eigenvalue weighted by Crippen LogP contribution is 2.26. The highest BCUT2D eigenvalue weighted by molar-refractivity contribution is 7.88. The average molecular weight is 649 g/mol. The number of benzene rings is 1. The number of aliphatic hydroxyl groups is 1. The standard InChI is InChI=1S/C30H50F2N4O7S/c1-19(18-42-22-11-12-23(31)24(32)15-22)16-36(44(10,40)41)21-13-14-35(17-21)27(38)25(29(3,4)5)33-26(37)20(2)34(9)28(39)43-30(6,7)8/h11-12,15,19-21,25,28,39H,13-14,16-18H2,1-10H3,(H,33,37). The number of sulfonamides is 1. The smallest absolute Gasteiger partial charge is 0.245 e. The minimum Gasteiger partial charge on any atom is -0.493 e. The molecule has 1 heterocycles. The molecule has 0 aromatic heterocycles. The summed E-state index contributed by atoms with van der Waals surface area (Å²) >= 11 is 0. The SMILES string of the molecule is CC(COc1ccc(F)c(F)c1)CN(C1CCN(C(=O)C(NC(=O)C(C)N(C)C(O)OC(C)(C)C)C(C)(C)C)C1)S(C)(=O)=O. The second-order valence-electron chi connectivity index (χ2n) is 13.8. The van der Waals surface area contributed by atoms with Gasteiger partial charge in [-0.15, -0.1) is 0 Å². The summed E-state index contributed by atoms with van der Waals surface area (Å²) in [6.45, 7) is 14.8. The van der Waals surface area contributed by atoms with Crippen LogP contribution in [-0.2, 0) is 24.3 Å². The Bertz CT molecular complexity index is 1250. The summed E-state index contributed by atoms with van der Waals surface area (Å²) in [6, 6.07) is 0.949. The molecule has 1 aromatic carbocycles. The van der Waals surface area contributed by atoms with Crippen LogP contribution in [0.2, 0.25) is 0 Å². The highest BCUT2D eigenvalue weighted by atomic mass is 32.2. The molecule has 1 saturated heterocycles. The zero-order chi connectivity index (χ0) is 33.8. The van der Waals surface area contributed by atoms with Crippen LogP contribution in [0.15, 0.2) is 18.2 Å². The van der Waals surface area contributed by atoms with Crippen molar-refractivity contribution in [1.29, 1.82) is 0 Å². The number of aliphatic hydroxyl groups excluding tert-OH is 1. The van der Waals surface area contributed by atoms with Crippen LogP contribution in [0.4, 0.5) is 8.78 Å². The van der Waals surface area contributed by atoms with Crippen LogP contribution in [0.25, 0.3) is 0 Å². The molecular formula is C30H50F2N4O7S. The molecule has 1 fully saturated rings. The van der Waals surface area contributed by atoms with Crippen molar-refractivity contribution in [3.63, 3.8) is 0 Å². The molecule has 5 unspecified atom stereocenters. The predicted molar refractivity (Wildman–Crippen MR) is 163 cm³/mol. The lowest BCUT2D eigenvalue weighted by atomic mass is 9.85. The zero-order valence-electron chi connectivity index (χ0n) is 27.6. The molecule has 2 rings (SSSR count). The lowest BCUT2D eigenvalue weighted by Crippen LogP contribution is -2.59. The molecule has 0 aliphatic carbocycles. The maximum atomic E-state index is 13.8. The van der Waals surface area contributed by atoms with Crippen molar-refractivity contribution in [2.45, 2.75) is 92.0 Å². The van der Waals surface area contributed by atoms with Crippen molar-refractivity contribution in [2.24, 2.45) is 11.3 Å². The lowest BCUT2D eigenvalue weighted by Gasteiger charge is -2.37. The van der Waals surface area contributed by atoms with Gasteiger partial charge in [0.25, 0.3) is 0 Å². The van der Waals surface area contributed by atoms with E-state index in [9.17, 15) is 31.9 Å². The summed E-state index contributed by atoms with van der Waals surface area (Å²) in [4.78, 5) is 29.9. The summed E-state index contributed by atoms with van der Waals surface area (Å²) in [6.07, 6.45) is 0.162. The van der Waals surface area contributed by atoms with Crippen molar-refractivity contribution in [3.8, 4) is 5.75 Å². The average Bonchev–Trinajstić information content (AvgIpc) is 3.37. The molecule has 2 N–H and O–H groups in total.